The van der Waals surface area contributed by atoms with E-state index < -0.39 is 6.10 Å². The Balaban J connectivity index is 1.87. The van der Waals surface area contributed by atoms with Crippen LogP contribution in [0.2, 0.25) is 0 Å². The number of hydrogen-bond acceptors (Lipinski definition) is 1. The molecule has 0 aliphatic heterocycles. The van der Waals surface area contributed by atoms with E-state index in [1.807, 2.05) is 24.3 Å². The van der Waals surface area contributed by atoms with E-state index in [1.54, 1.807) is 6.07 Å². The van der Waals surface area contributed by atoms with Crippen molar-refractivity contribution in [1.82, 2.24) is 0 Å². The molecule has 0 spiro atoms. The summed E-state index contributed by atoms with van der Waals surface area (Å²) in [5.74, 6) is -0.125. The molecule has 3 heteroatoms. The van der Waals surface area contributed by atoms with E-state index in [0.29, 0.717) is 12.0 Å². The molecule has 1 aliphatic rings. The summed E-state index contributed by atoms with van der Waals surface area (Å²) < 4.78 is 14.8. The zero-order chi connectivity index (χ0) is 14.8. The van der Waals surface area contributed by atoms with Crippen molar-refractivity contribution in [2.24, 2.45) is 5.92 Å². The third-order valence-corrected chi connectivity index (χ3v) is 4.82. The first-order valence-electron chi connectivity index (χ1n) is 7.35. The van der Waals surface area contributed by atoms with Crippen LogP contribution in [0.4, 0.5) is 4.39 Å². The molecule has 21 heavy (non-hydrogen) atoms. The van der Waals surface area contributed by atoms with Gasteiger partial charge in [0.1, 0.15) is 5.82 Å². The van der Waals surface area contributed by atoms with Gasteiger partial charge in [-0.2, -0.15) is 0 Å². The van der Waals surface area contributed by atoms with E-state index in [9.17, 15) is 9.50 Å². The maximum absolute atomic E-state index is 13.9. The van der Waals surface area contributed by atoms with E-state index in [2.05, 4.69) is 22.0 Å². The predicted octanol–water partition coefficient (Wildman–Crippen LogP) is 4.82. The van der Waals surface area contributed by atoms with E-state index in [4.69, 9.17) is 0 Å². The van der Waals surface area contributed by atoms with Crippen molar-refractivity contribution in [2.45, 2.75) is 31.8 Å². The van der Waals surface area contributed by atoms with Gasteiger partial charge in [0.2, 0.25) is 0 Å². The molecule has 2 aromatic rings. The smallest absolute Gasteiger partial charge is 0.126 e. The van der Waals surface area contributed by atoms with Crippen molar-refractivity contribution in [3.63, 3.8) is 0 Å². The number of aliphatic hydroxyl groups is 1. The highest BCUT2D eigenvalue weighted by Crippen LogP contribution is 2.35. The number of aryl methyl sites for hydroxylation is 1. The molecule has 2 atom stereocenters. The van der Waals surface area contributed by atoms with Crippen LogP contribution in [0.25, 0.3) is 0 Å². The fraction of sp³-hybridized carbons (Fsp3) is 0.333. The van der Waals surface area contributed by atoms with Gasteiger partial charge in [0, 0.05) is 4.47 Å². The Labute approximate surface area is 132 Å². The largest absolute Gasteiger partial charge is 0.388 e. The van der Waals surface area contributed by atoms with E-state index in [-0.39, 0.29) is 11.7 Å². The SMILES string of the molecule is OC1c2ccccc2CCCC1Cc1cc(Br)ccc1F. The van der Waals surface area contributed by atoms with Gasteiger partial charge in [-0.25, -0.2) is 4.39 Å². The lowest BCUT2D eigenvalue weighted by Gasteiger charge is -2.22. The van der Waals surface area contributed by atoms with Gasteiger partial charge in [-0.3, -0.25) is 0 Å². The van der Waals surface area contributed by atoms with Crippen molar-refractivity contribution in [3.8, 4) is 0 Å². The molecule has 2 aromatic carbocycles. The molecule has 1 N–H and O–H groups in total. The lowest BCUT2D eigenvalue weighted by Crippen LogP contribution is -2.15. The molecule has 0 fully saturated rings. The fourth-order valence-electron chi connectivity index (χ4n) is 3.21. The van der Waals surface area contributed by atoms with E-state index in [0.717, 1.165) is 29.3 Å². The Morgan fingerprint density at radius 2 is 2.00 bits per heavy atom. The molecule has 0 radical (unpaired) electrons. The second-order valence-corrected chi connectivity index (χ2v) is 6.65. The first kappa shape index (κ1) is 14.7. The summed E-state index contributed by atoms with van der Waals surface area (Å²) in [7, 11) is 0. The zero-order valence-corrected chi connectivity index (χ0v) is 13.3. The third-order valence-electron chi connectivity index (χ3n) is 4.33. The van der Waals surface area contributed by atoms with Gasteiger partial charge in [0.15, 0.2) is 0 Å². The summed E-state index contributed by atoms with van der Waals surface area (Å²) in [4.78, 5) is 0. The molecule has 2 unspecified atom stereocenters. The normalized spacial score (nSPS) is 21.7. The van der Waals surface area contributed by atoms with Crippen LogP contribution in [0.15, 0.2) is 46.9 Å². The Morgan fingerprint density at radius 3 is 2.86 bits per heavy atom. The second-order valence-electron chi connectivity index (χ2n) is 5.74. The van der Waals surface area contributed by atoms with E-state index >= 15 is 0 Å². The standard InChI is InChI=1S/C18H18BrFO/c19-15-8-9-17(20)14(11-15)10-13-6-3-5-12-4-1-2-7-16(12)18(13)21/h1-2,4,7-9,11,13,18,21H,3,5-6,10H2. The third kappa shape index (κ3) is 3.19. The molecule has 0 saturated heterocycles. The molecule has 0 amide bonds. The molecule has 0 heterocycles. The van der Waals surface area contributed by atoms with Crippen molar-refractivity contribution < 1.29 is 9.50 Å². The minimum atomic E-state index is -0.512. The zero-order valence-electron chi connectivity index (χ0n) is 11.7. The molecule has 0 aromatic heterocycles. The van der Waals surface area contributed by atoms with Crippen LogP contribution in [0.1, 0.15) is 35.6 Å². The van der Waals surface area contributed by atoms with Crippen molar-refractivity contribution in [1.29, 1.82) is 0 Å². The van der Waals surface area contributed by atoms with Crippen molar-refractivity contribution in [3.05, 3.63) is 69.4 Å². The quantitative estimate of drug-likeness (QED) is 0.771. The molecule has 1 aliphatic carbocycles. The van der Waals surface area contributed by atoms with Crippen LogP contribution < -0.4 is 0 Å². The van der Waals surface area contributed by atoms with Gasteiger partial charge >= 0.3 is 0 Å². The number of rotatable bonds is 2. The highest BCUT2D eigenvalue weighted by Gasteiger charge is 2.26. The predicted molar refractivity (Wildman–Crippen MR) is 85.6 cm³/mol. The number of aliphatic hydroxyl groups excluding tert-OH is 1. The lowest BCUT2D eigenvalue weighted by molar-refractivity contribution is 0.104. The van der Waals surface area contributed by atoms with Crippen molar-refractivity contribution >= 4 is 15.9 Å². The Bertz CT molecular complexity index is 641. The lowest BCUT2D eigenvalue weighted by atomic mass is 9.88. The Kier molecular flexibility index (Phi) is 4.41. The summed E-state index contributed by atoms with van der Waals surface area (Å²) in [6.45, 7) is 0. The molecular weight excluding hydrogens is 331 g/mol. The van der Waals surface area contributed by atoms with Gasteiger partial charge in [0.05, 0.1) is 6.10 Å². The molecule has 3 rings (SSSR count). The van der Waals surface area contributed by atoms with Gasteiger partial charge in [-0.15, -0.1) is 0 Å². The first-order valence-corrected chi connectivity index (χ1v) is 8.14. The number of benzene rings is 2. The molecular formula is C18H18BrFO. The van der Waals surface area contributed by atoms with Crippen LogP contribution in [-0.2, 0) is 12.8 Å². The maximum Gasteiger partial charge on any atom is 0.126 e. The van der Waals surface area contributed by atoms with Crippen LogP contribution >= 0.6 is 15.9 Å². The molecule has 0 saturated carbocycles. The summed E-state index contributed by atoms with van der Waals surface area (Å²) in [5.41, 5.74) is 2.91. The Morgan fingerprint density at radius 1 is 1.19 bits per heavy atom. The van der Waals surface area contributed by atoms with Gasteiger partial charge in [-0.1, -0.05) is 40.2 Å². The summed E-state index contributed by atoms with van der Waals surface area (Å²) in [5, 5.41) is 10.7. The maximum atomic E-state index is 13.9. The molecule has 1 nitrogen and oxygen atoms in total. The fourth-order valence-corrected chi connectivity index (χ4v) is 3.62. The second kappa shape index (κ2) is 6.29. The van der Waals surface area contributed by atoms with Crippen LogP contribution in [0.3, 0.4) is 0 Å². The number of halogens is 2. The van der Waals surface area contributed by atoms with Gasteiger partial charge in [0.25, 0.3) is 0 Å². The van der Waals surface area contributed by atoms with Crippen LogP contribution in [0.5, 0.6) is 0 Å². The number of hydrogen-bond donors (Lipinski definition) is 1. The summed E-state index contributed by atoms with van der Waals surface area (Å²) in [6.07, 6.45) is 3.00. The first-order chi connectivity index (χ1) is 10.1. The Hall–Kier alpha value is -1.19. The monoisotopic (exact) mass is 348 g/mol. The highest BCUT2D eigenvalue weighted by molar-refractivity contribution is 9.10. The van der Waals surface area contributed by atoms with E-state index in [1.165, 1.54) is 11.6 Å². The average molecular weight is 349 g/mol. The summed E-state index contributed by atoms with van der Waals surface area (Å²) >= 11 is 3.39. The molecule has 110 valence electrons. The van der Waals surface area contributed by atoms with Crippen molar-refractivity contribution in [2.75, 3.05) is 0 Å². The highest BCUT2D eigenvalue weighted by atomic mass is 79.9. The number of fused-ring (bicyclic) bond motifs is 1. The molecule has 0 bridgehead atoms. The minimum absolute atomic E-state index is 0.0671. The van der Waals surface area contributed by atoms with Crippen LogP contribution in [-0.4, -0.2) is 5.11 Å². The van der Waals surface area contributed by atoms with Gasteiger partial charge in [-0.05, 0) is 66.5 Å². The average Bonchev–Trinajstić information content (AvgIpc) is 2.64. The topological polar surface area (TPSA) is 20.2 Å². The van der Waals surface area contributed by atoms with Gasteiger partial charge < -0.3 is 5.11 Å². The minimum Gasteiger partial charge on any atom is -0.388 e. The summed E-state index contributed by atoms with van der Waals surface area (Å²) in [6, 6.07) is 13.1. The van der Waals surface area contributed by atoms with Crippen LogP contribution in [0, 0.1) is 11.7 Å².